The third-order valence-corrected chi connectivity index (χ3v) is 4.88. The fourth-order valence-corrected chi connectivity index (χ4v) is 3.61. The maximum atomic E-state index is 12.5. The molecule has 1 aromatic heterocycles. The minimum atomic E-state index is -0.0197. The first-order valence-corrected chi connectivity index (χ1v) is 8.46. The number of hydrogen-bond acceptors (Lipinski definition) is 5. The number of carbonyl (C=O) groups is 1. The van der Waals surface area contributed by atoms with Crippen molar-refractivity contribution < 1.29 is 13.9 Å². The molecule has 1 atom stereocenters. The average molecular weight is 327 g/mol. The Hall–Kier alpha value is -2.34. The molecule has 5 rings (SSSR count). The predicted molar refractivity (Wildman–Crippen MR) is 88.1 cm³/mol. The highest BCUT2D eigenvalue weighted by Gasteiger charge is 2.29. The molecule has 0 aliphatic carbocycles. The molecule has 3 fully saturated rings. The van der Waals surface area contributed by atoms with Crippen molar-refractivity contribution in [1.29, 1.82) is 0 Å². The van der Waals surface area contributed by atoms with Gasteiger partial charge >= 0.3 is 5.95 Å². The van der Waals surface area contributed by atoms with Crippen molar-refractivity contribution in [2.75, 3.05) is 19.6 Å². The van der Waals surface area contributed by atoms with E-state index in [1.54, 1.807) is 24.3 Å². The summed E-state index contributed by atoms with van der Waals surface area (Å²) in [6.07, 6.45) is 6.43. The molecule has 3 aliphatic rings. The van der Waals surface area contributed by atoms with Crippen molar-refractivity contribution in [2.45, 2.75) is 25.3 Å². The normalized spacial score (nSPS) is 25.9. The van der Waals surface area contributed by atoms with Crippen molar-refractivity contribution in [3.05, 3.63) is 42.4 Å². The van der Waals surface area contributed by atoms with Gasteiger partial charge in [-0.2, -0.15) is 0 Å². The van der Waals surface area contributed by atoms with E-state index < -0.39 is 0 Å². The lowest BCUT2D eigenvalue weighted by atomic mass is 9.94. The van der Waals surface area contributed by atoms with E-state index in [1.807, 2.05) is 0 Å². The molecule has 6 nitrogen and oxygen atoms in total. The minimum Gasteiger partial charge on any atom is -0.425 e. The SMILES string of the molecule is O=C(NC1CC2CCN(CC2)C1)c1ccc(Oc2cnco2)cc1. The molecule has 126 valence electrons. The molecular formula is C18H21N3O3. The van der Waals surface area contributed by atoms with Gasteiger partial charge < -0.3 is 19.4 Å². The van der Waals surface area contributed by atoms with Crippen molar-refractivity contribution >= 4 is 5.91 Å². The van der Waals surface area contributed by atoms with E-state index in [0.717, 1.165) is 18.9 Å². The average Bonchev–Trinajstić information content (AvgIpc) is 2.94. The number of oxazole rings is 1. The Morgan fingerprint density at radius 1 is 1.25 bits per heavy atom. The molecule has 6 heteroatoms. The van der Waals surface area contributed by atoms with E-state index >= 15 is 0 Å². The van der Waals surface area contributed by atoms with Crippen LogP contribution in [-0.2, 0) is 0 Å². The Morgan fingerprint density at radius 3 is 2.75 bits per heavy atom. The largest absolute Gasteiger partial charge is 0.425 e. The van der Waals surface area contributed by atoms with Crippen molar-refractivity contribution in [1.82, 2.24) is 15.2 Å². The third kappa shape index (κ3) is 3.43. The van der Waals surface area contributed by atoms with Crippen LogP contribution in [0.4, 0.5) is 0 Å². The summed E-state index contributed by atoms with van der Waals surface area (Å²) in [4.78, 5) is 18.7. The highest BCUT2D eigenvalue weighted by Crippen LogP contribution is 2.27. The Labute approximate surface area is 140 Å². The van der Waals surface area contributed by atoms with Gasteiger partial charge in [0, 0.05) is 18.2 Å². The van der Waals surface area contributed by atoms with Gasteiger partial charge in [-0.1, -0.05) is 0 Å². The maximum absolute atomic E-state index is 12.5. The van der Waals surface area contributed by atoms with Crippen LogP contribution >= 0.6 is 0 Å². The number of carbonyl (C=O) groups excluding carboxylic acids is 1. The molecule has 1 N–H and O–H groups in total. The molecular weight excluding hydrogens is 306 g/mol. The van der Waals surface area contributed by atoms with Gasteiger partial charge in [0.05, 0.1) is 0 Å². The van der Waals surface area contributed by atoms with Gasteiger partial charge in [-0.15, -0.1) is 0 Å². The van der Waals surface area contributed by atoms with Crippen LogP contribution in [0.2, 0.25) is 0 Å². The maximum Gasteiger partial charge on any atom is 0.310 e. The number of fused-ring (bicyclic) bond motifs is 4. The van der Waals surface area contributed by atoms with Gasteiger partial charge in [-0.25, -0.2) is 4.98 Å². The topological polar surface area (TPSA) is 67.6 Å². The Balaban J connectivity index is 1.37. The lowest BCUT2D eigenvalue weighted by Crippen LogP contribution is -2.41. The van der Waals surface area contributed by atoms with E-state index in [-0.39, 0.29) is 11.9 Å². The summed E-state index contributed by atoms with van der Waals surface area (Å²) in [5.74, 6) is 1.68. The third-order valence-electron chi connectivity index (χ3n) is 4.88. The molecule has 0 spiro atoms. The first-order chi connectivity index (χ1) is 11.8. The Bertz CT molecular complexity index is 662. The van der Waals surface area contributed by atoms with Gasteiger partial charge in [-0.3, -0.25) is 4.79 Å². The number of aromatic nitrogens is 1. The van der Waals surface area contributed by atoms with Gasteiger partial charge in [0.15, 0.2) is 6.39 Å². The van der Waals surface area contributed by atoms with Gasteiger partial charge in [0.1, 0.15) is 11.9 Å². The minimum absolute atomic E-state index is 0.0197. The quantitative estimate of drug-likeness (QED) is 0.935. The first kappa shape index (κ1) is 15.2. The molecule has 2 aromatic rings. The molecule has 0 radical (unpaired) electrons. The summed E-state index contributed by atoms with van der Waals surface area (Å²) >= 11 is 0. The van der Waals surface area contributed by atoms with Gasteiger partial charge in [0.25, 0.3) is 5.91 Å². The summed E-state index contributed by atoms with van der Waals surface area (Å²) in [5.41, 5.74) is 0.645. The van der Waals surface area contributed by atoms with E-state index in [2.05, 4.69) is 15.2 Å². The lowest BCUT2D eigenvalue weighted by Gasteiger charge is -2.26. The van der Waals surface area contributed by atoms with Crippen LogP contribution < -0.4 is 10.1 Å². The number of nitrogens with zero attached hydrogens (tertiary/aromatic N) is 2. The first-order valence-electron chi connectivity index (χ1n) is 8.46. The lowest BCUT2D eigenvalue weighted by molar-refractivity contribution is 0.0929. The number of rotatable bonds is 4. The van der Waals surface area contributed by atoms with Crippen LogP contribution in [0, 0.1) is 5.92 Å². The number of nitrogens with one attached hydrogen (secondary N) is 1. The smallest absolute Gasteiger partial charge is 0.310 e. The number of amides is 1. The highest BCUT2D eigenvalue weighted by atomic mass is 16.6. The van der Waals surface area contributed by atoms with Gasteiger partial charge in [0.2, 0.25) is 0 Å². The fourth-order valence-electron chi connectivity index (χ4n) is 3.61. The van der Waals surface area contributed by atoms with E-state index in [1.165, 1.54) is 38.5 Å². The predicted octanol–water partition coefficient (Wildman–Crippen LogP) is 2.68. The summed E-state index contributed by atoms with van der Waals surface area (Å²) in [6.45, 7) is 3.31. The zero-order chi connectivity index (χ0) is 16.4. The second-order valence-corrected chi connectivity index (χ2v) is 6.60. The van der Waals surface area contributed by atoms with E-state index in [9.17, 15) is 4.79 Å². The summed E-state index contributed by atoms with van der Waals surface area (Å²) < 4.78 is 10.5. The van der Waals surface area contributed by atoms with Crippen molar-refractivity contribution in [3.8, 4) is 11.7 Å². The Kier molecular flexibility index (Phi) is 4.21. The van der Waals surface area contributed by atoms with E-state index in [0.29, 0.717) is 17.3 Å². The fraction of sp³-hybridized carbons (Fsp3) is 0.444. The summed E-state index contributed by atoms with van der Waals surface area (Å²) in [5, 5.41) is 3.19. The standard InChI is InChI=1S/C18H21N3O3/c22-18(20-15-9-13-5-7-21(11-15)8-6-13)14-1-3-16(4-2-14)24-17-10-19-12-23-17/h1-4,10,12-13,15H,5-9,11H2,(H,20,22). The summed E-state index contributed by atoms with van der Waals surface area (Å²) in [6, 6.07) is 7.31. The van der Waals surface area contributed by atoms with Crippen molar-refractivity contribution in [3.63, 3.8) is 0 Å². The second-order valence-electron chi connectivity index (χ2n) is 6.60. The Morgan fingerprint density at radius 2 is 2.04 bits per heavy atom. The summed E-state index contributed by atoms with van der Waals surface area (Å²) in [7, 11) is 0. The van der Waals surface area contributed by atoms with Crippen LogP contribution in [-0.4, -0.2) is 41.5 Å². The van der Waals surface area contributed by atoms with Crippen LogP contribution in [0.5, 0.6) is 11.7 Å². The van der Waals surface area contributed by atoms with Crippen LogP contribution in [0.1, 0.15) is 29.6 Å². The molecule has 3 saturated heterocycles. The van der Waals surface area contributed by atoms with Crippen LogP contribution in [0.3, 0.4) is 0 Å². The molecule has 0 saturated carbocycles. The molecule has 24 heavy (non-hydrogen) atoms. The molecule has 4 heterocycles. The van der Waals surface area contributed by atoms with Crippen LogP contribution in [0.25, 0.3) is 0 Å². The molecule has 1 unspecified atom stereocenters. The molecule has 2 bridgehead atoms. The molecule has 1 amide bonds. The molecule has 3 aliphatic heterocycles. The number of ether oxygens (including phenoxy) is 1. The zero-order valence-electron chi connectivity index (χ0n) is 13.5. The number of piperidine rings is 1. The number of benzene rings is 1. The van der Waals surface area contributed by atoms with Crippen molar-refractivity contribution in [2.24, 2.45) is 5.92 Å². The molecule has 1 aromatic carbocycles. The monoisotopic (exact) mass is 327 g/mol. The van der Waals surface area contributed by atoms with E-state index in [4.69, 9.17) is 9.15 Å². The highest BCUT2D eigenvalue weighted by molar-refractivity contribution is 5.94. The van der Waals surface area contributed by atoms with Crippen LogP contribution in [0.15, 0.2) is 41.3 Å². The number of hydrogen-bond donors (Lipinski definition) is 1. The van der Waals surface area contributed by atoms with Gasteiger partial charge in [-0.05, 0) is 62.5 Å². The second kappa shape index (κ2) is 6.65. The zero-order valence-corrected chi connectivity index (χ0v) is 13.5.